The summed E-state index contributed by atoms with van der Waals surface area (Å²) in [6.07, 6.45) is 1.66. The van der Waals surface area contributed by atoms with E-state index >= 15 is 0 Å². The van der Waals surface area contributed by atoms with Gasteiger partial charge in [-0.1, -0.05) is 18.2 Å². The van der Waals surface area contributed by atoms with Crippen molar-refractivity contribution in [3.05, 3.63) is 89.7 Å². The first kappa shape index (κ1) is 22.8. The van der Waals surface area contributed by atoms with E-state index in [-0.39, 0.29) is 24.0 Å². The quantitative estimate of drug-likeness (QED) is 0.268. The molecule has 9 nitrogen and oxygen atoms in total. The molecule has 3 aromatic heterocycles. The topological polar surface area (TPSA) is 108 Å². The molecule has 0 unspecified atom stereocenters. The van der Waals surface area contributed by atoms with Crippen LogP contribution in [0.15, 0.2) is 46.4 Å². The van der Waals surface area contributed by atoms with Crippen LogP contribution in [-0.2, 0) is 13.1 Å². The lowest BCUT2D eigenvalue weighted by Crippen LogP contribution is -2.12. The predicted octanol–water partition coefficient (Wildman–Crippen LogP) is 4.92. The number of aryl methyl sites for hydroxylation is 1. The van der Waals surface area contributed by atoms with E-state index in [9.17, 15) is 19.3 Å². The lowest BCUT2D eigenvalue weighted by molar-refractivity contribution is -0.386. The first-order valence-corrected chi connectivity index (χ1v) is 11.4. The third kappa shape index (κ3) is 4.86. The molecule has 12 heteroatoms. The molecule has 0 saturated carbocycles. The molecule has 0 radical (unpaired) electrons. The number of carbonyl (C=O) groups excluding carboxylic acids is 1. The van der Waals surface area contributed by atoms with Gasteiger partial charge in [0, 0.05) is 11.8 Å². The zero-order chi connectivity index (χ0) is 23.7. The van der Waals surface area contributed by atoms with Crippen LogP contribution in [0.1, 0.15) is 32.2 Å². The number of anilines is 1. The van der Waals surface area contributed by atoms with Gasteiger partial charge in [-0.05, 0) is 52.9 Å². The van der Waals surface area contributed by atoms with E-state index in [2.05, 4.69) is 31.4 Å². The van der Waals surface area contributed by atoms with Crippen LogP contribution in [-0.4, -0.2) is 30.4 Å². The van der Waals surface area contributed by atoms with E-state index < -0.39 is 4.92 Å². The zero-order valence-electron chi connectivity index (χ0n) is 17.6. The predicted molar refractivity (Wildman–Crippen MR) is 125 cm³/mol. The molecular weight excluding hydrogens is 515 g/mol. The van der Waals surface area contributed by atoms with Crippen molar-refractivity contribution in [1.29, 1.82) is 0 Å². The van der Waals surface area contributed by atoms with E-state index in [1.54, 1.807) is 49.0 Å². The second kappa shape index (κ2) is 9.24. The van der Waals surface area contributed by atoms with Crippen molar-refractivity contribution in [3.8, 4) is 0 Å². The molecule has 0 aliphatic heterocycles. The normalized spacial score (nSPS) is 11.0. The fourth-order valence-corrected chi connectivity index (χ4v) is 4.60. The van der Waals surface area contributed by atoms with E-state index in [4.69, 9.17) is 0 Å². The smallest absolute Gasteiger partial charge is 0.303 e. The minimum Gasteiger partial charge on any atom is -0.303 e. The van der Waals surface area contributed by atoms with E-state index in [1.165, 1.54) is 22.1 Å². The van der Waals surface area contributed by atoms with E-state index in [1.807, 2.05) is 5.38 Å². The first-order chi connectivity index (χ1) is 15.7. The third-order valence-electron chi connectivity index (χ3n) is 4.97. The van der Waals surface area contributed by atoms with Crippen LogP contribution in [0, 0.1) is 29.8 Å². The Kier molecular flexibility index (Phi) is 6.38. The Bertz CT molecular complexity index is 1360. The summed E-state index contributed by atoms with van der Waals surface area (Å²) < 4.78 is 17.6. The van der Waals surface area contributed by atoms with Gasteiger partial charge in [-0.15, -0.1) is 11.3 Å². The van der Waals surface area contributed by atoms with E-state index in [0.29, 0.717) is 38.7 Å². The van der Waals surface area contributed by atoms with Gasteiger partial charge >= 0.3 is 5.69 Å². The Morgan fingerprint density at radius 2 is 2.03 bits per heavy atom. The van der Waals surface area contributed by atoms with Crippen molar-refractivity contribution < 1.29 is 14.1 Å². The molecule has 0 spiro atoms. The number of benzene rings is 1. The highest BCUT2D eigenvalue weighted by Crippen LogP contribution is 2.25. The standard InChI is InChI=1S/C21H18BrFN6O3S/c1-12-19(29(31)32)13(2)28(25-12)8-14-7-18(33-11-14)21(30)24-20-16(22)10-27(26-20)9-15-5-3-4-6-17(15)23/h3-7,10-11H,8-9H2,1-2H3,(H,24,26,30). The van der Waals surface area contributed by atoms with Crippen LogP contribution in [0.5, 0.6) is 0 Å². The Balaban J connectivity index is 1.45. The minimum absolute atomic E-state index is 0.000911. The minimum atomic E-state index is -0.441. The summed E-state index contributed by atoms with van der Waals surface area (Å²) in [5.74, 6) is -0.350. The monoisotopic (exact) mass is 532 g/mol. The number of nitro groups is 1. The van der Waals surface area contributed by atoms with E-state index in [0.717, 1.165) is 5.56 Å². The lowest BCUT2D eigenvalue weighted by atomic mass is 10.2. The van der Waals surface area contributed by atoms with Crippen molar-refractivity contribution >= 4 is 44.7 Å². The Hall–Kier alpha value is -3.38. The Morgan fingerprint density at radius 3 is 2.73 bits per heavy atom. The molecule has 4 rings (SSSR count). The van der Waals surface area contributed by atoms with Crippen LogP contribution < -0.4 is 5.32 Å². The number of hydrogen-bond donors (Lipinski definition) is 1. The molecule has 1 aromatic carbocycles. The van der Waals surface area contributed by atoms with Gasteiger partial charge in [-0.3, -0.25) is 24.3 Å². The lowest BCUT2D eigenvalue weighted by Gasteiger charge is -2.03. The summed E-state index contributed by atoms with van der Waals surface area (Å²) in [4.78, 5) is 23.9. The Morgan fingerprint density at radius 1 is 1.27 bits per heavy atom. The number of nitrogens with zero attached hydrogens (tertiary/aromatic N) is 5. The molecule has 0 fully saturated rings. The number of aromatic nitrogens is 4. The molecule has 0 aliphatic rings. The fourth-order valence-electron chi connectivity index (χ4n) is 3.39. The molecule has 33 heavy (non-hydrogen) atoms. The van der Waals surface area contributed by atoms with Gasteiger partial charge < -0.3 is 5.32 Å². The number of hydrogen-bond acceptors (Lipinski definition) is 6. The molecule has 170 valence electrons. The number of rotatable bonds is 7. The number of nitrogens with one attached hydrogen (secondary N) is 1. The number of carbonyl (C=O) groups is 1. The van der Waals surface area contributed by atoms with Crippen molar-refractivity contribution in [2.75, 3.05) is 5.32 Å². The van der Waals surface area contributed by atoms with Gasteiger partial charge in [0.05, 0.1) is 27.4 Å². The van der Waals surface area contributed by atoms with Crippen molar-refractivity contribution in [3.63, 3.8) is 0 Å². The molecule has 0 saturated heterocycles. The van der Waals surface area contributed by atoms with Gasteiger partial charge in [-0.25, -0.2) is 4.39 Å². The van der Waals surface area contributed by atoms with Gasteiger partial charge in [0.15, 0.2) is 5.82 Å². The highest BCUT2D eigenvalue weighted by molar-refractivity contribution is 9.10. The number of amides is 1. The highest BCUT2D eigenvalue weighted by Gasteiger charge is 2.22. The summed E-state index contributed by atoms with van der Waals surface area (Å²) >= 11 is 4.62. The number of halogens is 2. The van der Waals surface area contributed by atoms with Crippen LogP contribution in [0.25, 0.3) is 0 Å². The van der Waals surface area contributed by atoms with Crippen molar-refractivity contribution in [1.82, 2.24) is 19.6 Å². The zero-order valence-corrected chi connectivity index (χ0v) is 20.0. The maximum absolute atomic E-state index is 13.9. The molecule has 0 atom stereocenters. The first-order valence-electron chi connectivity index (χ1n) is 9.76. The Labute approximate surface area is 200 Å². The van der Waals surface area contributed by atoms with Crippen LogP contribution >= 0.6 is 27.3 Å². The summed E-state index contributed by atoms with van der Waals surface area (Å²) in [6.45, 7) is 3.77. The molecular formula is C21H18BrFN6O3S. The maximum Gasteiger partial charge on any atom is 0.312 e. The highest BCUT2D eigenvalue weighted by atomic mass is 79.9. The molecule has 4 aromatic rings. The van der Waals surface area contributed by atoms with Gasteiger partial charge in [0.25, 0.3) is 5.91 Å². The van der Waals surface area contributed by atoms with Gasteiger partial charge in [0.1, 0.15) is 17.2 Å². The van der Waals surface area contributed by atoms with Crippen molar-refractivity contribution in [2.24, 2.45) is 0 Å². The van der Waals surface area contributed by atoms with Gasteiger partial charge in [0.2, 0.25) is 0 Å². The van der Waals surface area contributed by atoms with Crippen LogP contribution in [0.4, 0.5) is 15.9 Å². The summed E-state index contributed by atoms with van der Waals surface area (Å²) in [7, 11) is 0. The molecule has 1 N–H and O–H groups in total. The maximum atomic E-state index is 13.9. The largest absolute Gasteiger partial charge is 0.312 e. The second-order valence-corrected chi connectivity index (χ2v) is 9.09. The molecule has 1 amide bonds. The van der Waals surface area contributed by atoms with Crippen molar-refractivity contribution in [2.45, 2.75) is 26.9 Å². The number of thiophene rings is 1. The average molecular weight is 533 g/mol. The average Bonchev–Trinajstić information content (AvgIpc) is 3.42. The SMILES string of the molecule is Cc1nn(Cc2csc(C(=O)Nc3nn(Cc4ccccc4F)cc3Br)c2)c(C)c1[N+](=O)[O-]. The molecule has 3 heterocycles. The molecule has 0 aliphatic carbocycles. The summed E-state index contributed by atoms with van der Waals surface area (Å²) in [5.41, 5.74) is 2.09. The van der Waals surface area contributed by atoms with Crippen LogP contribution in [0.2, 0.25) is 0 Å². The second-order valence-electron chi connectivity index (χ2n) is 7.32. The summed E-state index contributed by atoms with van der Waals surface area (Å²) in [6, 6.07) is 8.14. The third-order valence-corrected chi connectivity index (χ3v) is 6.53. The fraction of sp³-hybridized carbons (Fsp3) is 0.190. The van der Waals surface area contributed by atoms with Crippen LogP contribution in [0.3, 0.4) is 0 Å². The summed E-state index contributed by atoms with van der Waals surface area (Å²) in [5, 5.41) is 24.3. The molecule has 0 bridgehead atoms. The van der Waals surface area contributed by atoms with Gasteiger partial charge in [-0.2, -0.15) is 10.2 Å².